The summed E-state index contributed by atoms with van der Waals surface area (Å²) in [4.78, 5) is 11.0. The van der Waals surface area contributed by atoms with Crippen LogP contribution in [0.5, 0.6) is 11.5 Å². The Morgan fingerprint density at radius 2 is 1.57 bits per heavy atom. The fourth-order valence-corrected chi connectivity index (χ4v) is 2.89. The van der Waals surface area contributed by atoms with E-state index < -0.39 is 5.97 Å². The first-order valence-electron chi connectivity index (χ1n) is 9.17. The minimum atomic E-state index is -0.918. The SMILES string of the molecule is CC(C)(COCc1cccc(Oc2ccccc2)c1)c1ccc(C(=O)O)cc1. The molecular weight excluding hydrogens is 352 g/mol. The number of carbonyl (C=O) groups is 1. The van der Waals surface area contributed by atoms with E-state index in [0.717, 1.165) is 22.6 Å². The Morgan fingerprint density at radius 1 is 0.893 bits per heavy atom. The van der Waals surface area contributed by atoms with E-state index in [1.54, 1.807) is 12.1 Å². The average Bonchev–Trinajstić information content (AvgIpc) is 2.69. The Balaban J connectivity index is 1.58. The molecule has 28 heavy (non-hydrogen) atoms. The minimum Gasteiger partial charge on any atom is -0.478 e. The molecule has 0 saturated heterocycles. The smallest absolute Gasteiger partial charge is 0.335 e. The predicted octanol–water partition coefficient (Wildman–Crippen LogP) is 5.67. The largest absolute Gasteiger partial charge is 0.478 e. The first-order valence-corrected chi connectivity index (χ1v) is 9.17. The normalized spacial score (nSPS) is 11.2. The highest BCUT2D eigenvalue weighted by Crippen LogP contribution is 2.25. The van der Waals surface area contributed by atoms with E-state index in [2.05, 4.69) is 13.8 Å². The molecule has 0 bridgehead atoms. The number of ether oxygens (including phenoxy) is 2. The van der Waals surface area contributed by atoms with Crippen LogP contribution < -0.4 is 4.74 Å². The Hall–Kier alpha value is -3.11. The van der Waals surface area contributed by atoms with E-state index in [9.17, 15) is 4.79 Å². The van der Waals surface area contributed by atoms with Crippen LogP contribution in [0.1, 0.15) is 35.3 Å². The highest BCUT2D eigenvalue weighted by atomic mass is 16.5. The van der Waals surface area contributed by atoms with Crippen molar-refractivity contribution < 1.29 is 19.4 Å². The van der Waals surface area contributed by atoms with Gasteiger partial charge in [-0.15, -0.1) is 0 Å². The zero-order valence-electron chi connectivity index (χ0n) is 16.1. The van der Waals surface area contributed by atoms with Gasteiger partial charge in [0, 0.05) is 5.41 Å². The summed E-state index contributed by atoms with van der Waals surface area (Å²) < 4.78 is 11.8. The highest BCUT2D eigenvalue weighted by Gasteiger charge is 2.21. The van der Waals surface area contributed by atoms with E-state index in [1.165, 1.54) is 0 Å². The number of hydrogen-bond acceptors (Lipinski definition) is 3. The topological polar surface area (TPSA) is 55.8 Å². The molecule has 0 saturated carbocycles. The molecule has 0 unspecified atom stereocenters. The van der Waals surface area contributed by atoms with Crippen LogP contribution in [-0.4, -0.2) is 17.7 Å². The van der Waals surface area contributed by atoms with Gasteiger partial charge in [0.1, 0.15) is 11.5 Å². The van der Waals surface area contributed by atoms with Gasteiger partial charge in [-0.05, 0) is 47.5 Å². The lowest BCUT2D eigenvalue weighted by Crippen LogP contribution is -2.24. The van der Waals surface area contributed by atoms with Crippen molar-refractivity contribution in [3.8, 4) is 11.5 Å². The molecule has 144 valence electrons. The van der Waals surface area contributed by atoms with Gasteiger partial charge < -0.3 is 14.6 Å². The third kappa shape index (κ3) is 5.21. The second-order valence-electron chi connectivity index (χ2n) is 7.32. The number of rotatable bonds is 8. The van der Waals surface area contributed by atoms with E-state index in [0.29, 0.717) is 13.2 Å². The summed E-state index contributed by atoms with van der Waals surface area (Å²) in [6.45, 7) is 5.15. The first-order chi connectivity index (χ1) is 13.4. The lowest BCUT2D eigenvalue weighted by atomic mass is 9.85. The standard InChI is InChI=1S/C24H24O4/c1-24(2,20-13-11-19(12-14-20)23(25)26)17-27-16-18-7-6-10-22(15-18)28-21-8-4-3-5-9-21/h3-15H,16-17H2,1-2H3,(H,25,26). The van der Waals surface area contributed by atoms with Gasteiger partial charge in [-0.2, -0.15) is 0 Å². The highest BCUT2D eigenvalue weighted by molar-refractivity contribution is 5.87. The average molecular weight is 376 g/mol. The van der Waals surface area contributed by atoms with Crippen LogP contribution in [0.2, 0.25) is 0 Å². The molecule has 4 heteroatoms. The Bertz CT molecular complexity index is 915. The number of aromatic carboxylic acids is 1. The summed E-state index contributed by atoms with van der Waals surface area (Å²) >= 11 is 0. The van der Waals surface area contributed by atoms with E-state index in [1.807, 2.05) is 66.7 Å². The zero-order valence-corrected chi connectivity index (χ0v) is 16.1. The molecule has 0 aromatic heterocycles. The van der Waals surface area contributed by atoms with Gasteiger partial charge in [-0.25, -0.2) is 4.79 Å². The van der Waals surface area contributed by atoms with Gasteiger partial charge in [0.05, 0.1) is 18.8 Å². The lowest BCUT2D eigenvalue weighted by Gasteiger charge is -2.25. The molecule has 0 spiro atoms. The van der Waals surface area contributed by atoms with Gasteiger partial charge in [-0.1, -0.05) is 56.3 Å². The van der Waals surface area contributed by atoms with Gasteiger partial charge in [0.15, 0.2) is 0 Å². The third-order valence-electron chi connectivity index (χ3n) is 4.52. The van der Waals surface area contributed by atoms with E-state index in [4.69, 9.17) is 14.6 Å². The van der Waals surface area contributed by atoms with Crippen molar-refractivity contribution in [1.29, 1.82) is 0 Å². The second-order valence-corrected chi connectivity index (χ2v) is 7.32. The molecule has 3 rings (SSSR count). The number of para-hydroxylation sites is 1. The van der Waals surface area contributed by atoms with Gasteiger partial charge in [0.25, 0.3) is 0 Å². The second kappa shape index (κ2) is 8.72. The molecule has 0 aliphatic heterocycles. The fourth-order valence-electron chi connectivity index (χ4n) is 2.89. The molecule has 0 heterocycles. The maximum atomic E-state index is 11.0. The molecule has 4 nitrogen and oxygen atoms in total. The zero-order chi connectivity index (χ0) is 20.0. The van der Waals surface area contributed by atoms with Crippen LogP contribution in [0, 0.1) is 0 Å². The lowest BCUT2D eigenvalue weighted by molar-refractivity contribution is 0.0696. The minimum absolute atomic E-state index is 0.227. The van der Waals surface area contributed by atoms with Crippen molar-refractivity contribution in [3.05, 3.63) is 95.6 Å². The summed E-state index contributed by atoms with van der Waals surface area (Å²) in [7, 11) is 0. The Morgan fingerprint density at radius 3 is 2.25 bits per heavy atom. The van der Waals surface area contributed by atoms with Crippen LogP contribution in [-0.2, 0) is 16.8 Å². The molecular formula is C24H24O4. The molecule has 3 aromatic rings. The predicted molar refractivity (Wildman–Crippen MR) is 109 cm³/mol. The molecule has 1 N–H and O–H groups in total. The van der Waals surface area contributed by atoms with Crippen LogP contribution in [0.3, 0.4) is 0 Å². The Kier molecular flexibility index (Phi) is 6.12. The third-order valence-corrected chi connectivity index (χ3v) is 4.52. The van der Waals surface area contributed by atoms with Crippen LogP contribution >= 0.6 is 0 Å². The van der Waals surface area contributed by atoms with Gasteiger partial charge in [-0.3, -0.25) is 0 Å². The van der Waals surface area contributed by atoms with Crippen molar-refractivity contribution in [2.45, 2.75) is 25.9 Å². The Labute approximate surface area is 165 Å². The molecule has 0 atom stereocenters. The molecule has 0 aliphatic rings. The van der Waals surface area contributed by atoms with Crippen molar-refractivity contribution in [2.75, 3.05) is 6.61 Å². The van der Waals surface area contributed by atoms with Crippen LogP contribution in [0.15, 0.2) is 78.9 Å². The monoisotopic (exact) mass is 376 g/mol. The van der Waals surface area contributed by atoms with Crippen molar-refractivity contribution >= 4 is 5.97 Å². The van der Waals surface area contributed by atoms with Crippen molar-refractivity contribution in [1.82, 2.24) is 0 Å². The molecule has 0 radical (unpaired) electrons. The molecule has 3 aromatic carbocycles. The molecule has 0 fully saturated rings. The van der Waals surface area contributed by atoms with Crippen molar-refractivity contribution in [3.63, 3.8) is 0 Å². The molecule has 0 aliphatic carbocycles. The summed E-state index contributed by atoms with van der Waals surface area (Å²) in [5, 5.41) is 9.03. The van der Waals surface area contributed by atoms with Crippen molar-refractivity contribution in [2.24, 2.45) is 0 Å². The first kappa shape index (κ1) is 19.6. The summed E-state index contributed by atoms with van der Waals surface area (Å²) in [6, 6.07) is 24.5. The van der Waals surface area contributed by atoms with Gasteiger partial charge in [0.2, 0.25) is 0 Å². The van der Waals surface area contributed by atoms with E-state index in [-0.39, 0.29) is 11.0 Å². The number of carboxylic acid groups (broad SMARTS) is 1. The molecule has 0 amide bonds. The number of hydrogen-bond donors (Lipinski definition) is 1. The number of benzene rings is 3. The summed E-state index contributed by atoms with van der Waals surface area (Å²) in [6.07, 6.45) is 0. The summed E-state index contributed by atoms with van der Waals surface area (Å²) in [5.41, 5.74) is 2.13. The van der Waals surface area contributed by atoms with Crippen LogP contribution in [0.4, 0.5) is 0 Å². The van der Waals surface area contributed by atoms with Crippen LogP contribution in [0.25, 0.3) is 0 Å². The number of carboxylic acids is 1. The summed E-state index contributed by atoms with van der Waals surface area (Å²) in [5.74, 6) is 0.653. The van der Waals surface area contributed by atoms with Gasteiger partial charge >= 0.3 is 5.97 Å². The maximum Gasteiger partial charge on any atom is 0.335 e. The quantitative estimate of drug-likeness (QED) is 0.550. The fraction of sp³-hybridized carbons (Fsp3) is 0.208. The van der Waals surface area contributed by atoms with E-state index >= 15 is 0 Å². The maximum absolute atomic E-state index is 11.0.